The highest BCUT2D eigenvalue weighted by Gasteiger charge is 2.30. The van der Waals surface area contributed by atoms with Crippen molar-refractivity contribution in [1.29, 1.82) is 0 Å². The lowest BCUT2D eigenvalue weighted by atomic mass is 10.0. The van der Waals surface area contributed by atoms with Gasteiger partial charge in [0, 0.05) is 5.56 Å². The molecule has 0 fully saturated rings. The molecule has 0 heterocycles. The summed E-state index contributed by atoms with van der Waals surface area (Å²) in [4.78, 5) is 0. The highest BCUT2D eigenvalue weighted by molar-refractivity contribution is 5.70. The molecular formula is C14H8F6O. The highest BCUT2D eigenvalue weighted by Crippen LogP contribution is 2.35. The van der Waals surface area contributed by atoms with E-state index in [1.807, 2.05) is 0 Å². The fourth-order valence-electron chi connectivity index (χ4n) is 1.77. The van der Waals surface area contributed by atoms with Gasteiger partial charge in [0.2, 0.25) is 0 Å². The molecule has 0 aliphatic carbocycles. The third kappa shape index (κ3) is 3.68. The Morgan fingerprint density at radius 2 is 1.52 bits per heavy atom. The molecule has 0 saturated heterocycles. The van der Waals surface area contributed by atoms with Crippen molar-refractivity contribution in [2.75, 3.05) is 0 Å². The summed E-state index contributed by atoms with van der Waals surface area (Å²) in [5.41, 5.74) is -0.804. The van der Waals surface area contributed by atoms with Crippen LogP contribution in [0.3, 0.4) is 0 Å². The number of ether oxygens (including phenoxy) is 1. The highest BCUT2D eigenvalue weighted by atomic mass is 19.4. The molecule has 21 heavy (non-hydrogen) atoms. The molecule has 0 bridgehead atoms. The molecule has 0 unspecified atom stereocenters. The smallest absolute Gasteiger partial charge is 0.416 e. The minimum atomic E-state index is -4.51. The maximum absolute atomic E-state index is 13.2. The topological polar surface area (TPSA) is 9.23 Å². The normalized spacial score (nSPS) is 11.8. The molecule has 1 nitrogen and oxygen atoms in total. The van der Waals surface area contributed by atoms with E-state index < -0.39 is 24.2 Å². The van der Waals surface area contributed by atoms with Crippen LogP contribution < -0.4 is 4.74 Å². The standard InChI is InChI=1S/C14H8F6O/c15-10-5-6-12(21-13(16)17)11(7-10)8-1-3-9(4-2-8)14(18,19)20/h1-7,13H. The lowest BCUT2D eigenvalue weighted by Gasteiger charge is -2.12. The average Bonchev–Trinajstić information content (AvgIpc) is 2.39. The first-order valence-corrected chi connectivity index (χ1v) is 5.69. The van der Waals surface area contributed by atoms with Crippen LogP contribution >= 0.6 is 0 Å². The molecule has 0 saturated carbocycles. The second-order valence-corrected chi connectivity index (χ2v) is 4.09. The van der Waals surface area contributed by atoms with Crippen molar-refractivity contribution in [3.8, 4) is 16.9 Å². The van der Waals surface area contributed by atoms with Gasteiger partial charge in [-0.2, -0.15) is 22.0 Å². The van der Waals surface area contributed by atoms with Crippen molar-refractivity contribution in [1.82, 2.24) is 0 Å². The van der Waals surface area contributed by atoms with Crippen molar-refractivity contribution in [3.63, 3.8) is 0 Å². The summed E-state index contributed by atoms with van der Waals surface area (Å²) in [5.74, 6) is -1.03. The van der Waals surface area contributed by atoms with E-state index in [2.05, 4.69) is 4.74 Å². The minimum absolute atomic E-state index is 0.0518. The van der Waals surface area contributed by atoms with Gasteiger partial charge in [-0.25, -0.2) is 4.39 Å². The van der Waals surface area contributed by atoms with Crippen molar-refractivity contribution >= 4 is 0 Å². The van der Waals surface area contributed by atoms with Gasteiger partial charge in [0.05, 0.1) is 5.56 Å². The number of hydrogen-bond acceptors (Lipinski definition) is 1. The SMILES string of the molecule is Fc1ccc(OC(F)F)c(-c2ccc(C(F)(F)F)cc2)c1. The zero-order valence-electron chi connectivity index (χ0n) is 10.3. The zero-order chi connectivity index (χ0) is 15.6. The van der Waals surface area contributed by atoms with Crippen LogP contribution in [0.25, 0.3) is 11.1 Å². The van der Waals surface area contributed by atoms with Crippen molar-refractivity contribution in [2.45, 2.75) is 12.8 Å². The van der Waals surface area contributed by atoms with E-state index in [-0.39, 0.29) is 16.9 Å². The Kier molecular flexibility index (Phi) is 4.11. The van der Waals surface area contributed by atoms with Crippen molar-refractivity contribution in [2.24, 2.45) is 0 Å². The number of alkyl halides is 5. The van der Waals surface area contributed by atoms with Crippen LogP contribution in [0.2, 0.25) is 0 Å². The quantitative estimate of drug-likeness (QED) is 0.716. The molecular weight excluding hydrogens is 298 g/mol. The number of hydrogen-bond donors (Lipinski definition) is 0. The molecule has 0 atom stereocenters. The summed E-state index contributed by atoms with van der Waals surface area (Å²) in [6, 6.07) is 6.53. The molecule has 0 radical (unpaired) electrons. The Labute approximate surface area is 115 Å². The molecule has 2 rings (SSSR count). The number of benzene rings is 2. The predicted octanol–water partition coefficient (Wildman–Crippen LogP) is 5.11. The zero-order valence-corrected chi connectivity index (χ0v) is 10.3. The second-order valence-electron chi connectivity index (χ2n) is 4.09. The average molecular weight is 306 g/mol. The summed E-state index contributed by atoms with van der Waals surface area (Å²) in [6.45, 7) is -3.12. The molecule has 2 aromatic rings. The molecule has 0 N–H and O–H groups in total. The van der Waals surface area contributed by atoms with E-state index in [0.29, 0.717) is 0 Å². The Bertz CT molecular complexity index is 618. The van der Waals surface area contributed by atoms with Crippen LogP contribution in [0, 0.1) is 5.82 Å². The predicted molar refractivity (Wildman–Crippen MR) is 63.5 cm³/mol. The van der Waals surface area contributed by atoms with Gasteiger partial charge in [0.25, 0.3) is 0 Å². The molecule has 112 valence electrons. The summed E-state index contributed by atoms with van der Waals surface area (Å²) < 4.78 is 79.4. The molecule has 0 aliphatic heterocycles. The van der Waals surface area contributed by atoms with Gasteiger partial charge in [-0.15, -0.1) is 0 Å². The van der Waals surface area contributed by atoms with Crippen LogP contribution in [0.4, 0.5) is 26.3 Å². The van der Waals surface area contributed by atoms with E-state index in [9.17, 15) is 26.3 Å². The van der Waals surface area contributed by atoms with Crippen LogP contribution in [-0.4, -0.2) is 6.61 Å². The monoisotopic (exact) mass is 306 g/mol. The number of halogens is 6. The van der Waals surface area contributed by atoms with E-state index in [0.717, 1.165) is 42.5 Å². The molecule has 0 aromatic heterocycles. The lowest BCUT2D eigenvalue weighted by molar-refractivity contribution is -0.137. The first-order chi connectivity index (χ1) is 9.77. The maximum atomic E-state index is 13.2. The lowest BCUT2D eigenvalue weighted by Crippen LogP contribution is -2.05. The van der Waals surface area contributed by atoms with Gasteiger partial charge >= 0.3 is 12.8 Å². The Morgan fingerprint density at radius 1 is 0.905 bits per heavy atom. The van der Waals surface area contributed by atoms with E-state index in [1.54, 1.807) is 0 Å². The van der Waals surface area contributed by atoms with E-state index in [4.69, 9.17) is 0 Å². The van der Waals surface area contributed by atoms with Gasteiger partial charge < -0.3 is 4.74 Å². The van der Waals surface area contributed by atoms with Gasteiger partial charge in [0.15, 0.2) is 0 Å². The van der Waals surface area contributed by atoms with Crippen LogP contribution in [0.15, 0.2) is 42.5 Å². The fraction of sp³-hybridized carbons (Fsp3) is 0.143. The summed E-state index contributed by atoms with van der Waals surface area (Å²) in [5, 5.41) is 0. The third-order valence-corrected chi connectivity index (χ3v) is 2.68. The molecule has 0 spiro atoms. The molecule has 7 heteroatoms. The second kappa shape index (κ2) is 5.67. The minimum Gasteiger partial charge on any atom is -0.434 e. The summed E-state index contributed by atoms with van der Waals surface area (Å²) in [6.07, 6.45) is -4.51. The molecule has 0 amide bonds. The van der Waals surface area contributed by atoms with E-state index >= 15 is 0 Å². The van der Waals surface area contributed by atoms with Crippen molar-refractivity contribution in [3.05, 3.63) is 53.8 Å². The van der Waals surface area contributed by atoms with E-state index in [1.165, 1.54) is 0 Å². The molecule has 0 aliphatic rings. The Morgan fingerprint density at radius 3 is 2.05 bits per heavy atom. The first kappa shape index (κ1) is 15.2. The third-order valence-electron chi connectivity index (χ3n) is 2.68. The fourth-order valence-corrected chi connectivity index (χ4v) is 1.77. The van der Waals surface area contributed by atoms with Crippen LogP contribution in [0.1, 0.15) is 5.56 Å². The van der Waals surface area contributed by atoms with Gasteiger partial charge in [-0.1, -0.05) is 12.1 Å². The van der Waals surface area contributed by atoms with Crippen LogP contribution in [0.5, 0.6) is 5.75 Å². The maximum Gasteiger partial charge on any atom is 0.416 e. The van der Waals surface area contributed by atoms with Gasteiger partial charge in [-0.05, 0) is 35.9 Å². The van der Waals surface area contributed by atoms with Gasteiger partial charge in [-0.3, -0.25) is 0 Å². The van der Waals surface area contributed by atoms with Crippen LogP contribution in [-0.2, 0) is 6.18 Å². The summed E-state index contributed by atoms with van der Waals surface area (Å²) in [7, 11) is 0. The Hall–Kier alpha value is -2.18. The van der Waals surface area contributed by atoms with Gasteiger partial charge in [0.1, 0.15) is 11.6 Å². The largest absolute Gasteiger partial charge is 0.434 e. The summed E-state index contributed by atoms with van der Waals surface area (Å²) >= 11 is 0. The number of rotatable bonds is 3. The van der Waals surface area contributed by atoms with Crippen molar-refractivity contribution < 1.29 is 31.1 Å². The first-order valence-electron chi connectivity index (χ1n) is 5.69. The Balaban J connectivity index is 2.43. The molecule has 2 aromatic carbocycles.